The number of nitro groups is 2. The summed E-state index contributed by atoms with van der Waals surface area (Å²) in [4.78, 5) is 28.3. The van der Waals surface area contributed by atoms with Crippen LogP contribution in [-0.2, 0) is 4.79 Å². The number of nitrogens with one attached hydrogen (secondary N) is 1. The van der Waals surface area contributed by atoms with Gasteiger partial charge in [0, 0.05) is 0 Å². The maximum absolute atomic E-state index is 10.2. The molecule has 1 aromatic rings. The third-order valence-electron chi connectivity index (χ3n) is 1.31. The van der Waals surface area contributed by atoms with Gasteiger partial charge >= 0.3 is 0 Å². The van der Waals surface area contributed by atoms with Gasteiger partial charge in [-0.1, -0.05) is 18.2 Å². The maximum Gasteiger partial charge on any atom is 0.280 e. The summed E-state index contributed by atoms with van der Waals surface area (Å²) >= 11 is 0. The minimum absolute atomic E-state index is 0.265. The number of anilines is 1. The van der Waals surface area contributed by atoms with E-state index in [1.807, 2.05) is 12.2 Å². The Balaban J connectivity index is 0.00000106. The number of hydrogen-bond acceptors (Lipinski definition) is 6. The Kier molecular flexibility index (Phi) is 5.57. The molecular formula is C7H8N4O5. The molecule has 0 spiro atoms. The molecule has 1 rings (SSSR count). The second-order valence-electron chi connectivity index (χ2n) is 2.24. The number of rotatable bonds is 4. The molecule has 0 heterocycles. The van der Waals surface area contributed by atoms with Crippen molar-refractivity contribution in [3.05, 3.63) is 50.6 Å². The van der Waals surface area contributed by atoms with Crippen molar-refractivity contribution in [3.63, 3.8) is 0 Å². The van der Waals surface area contributed by atoms with Gasteiger partial charge in [0.15, 0.2) is 0 Å². The summed E-state index contributed by atoms with van der Waals surface area (Å²) in [6, 6.07) is 7.83. The molecule has 1 aromatic carbocycles. The van der Waals surface area contributed by atoms with E-state index in [0.29, 0.717) is 0 Å². The first kappa shape index (κ1) is 13.3. The fourth-order valence-electron chi connectivity index (χ4n) is 0.769. The molecule has 0 unspecified atom stereocenters. The van der Waals surface area contributed by atoms with Gasteiger partial charge < -0.3 is 4.79 Å². The highest BCUT2D eigenvalue weighted by Crippen LogP contribution is 2.06. The summed E-state index contributed by atoms with van der Waals surface area (Å²) in [6.07, 6.45) is 0. The number of carbonyl (C=O) groups is 1. The van der Waals surface area contributed by atoms with E-state index in [-0.39, 0.29) is 10.9 Å². The maximum atomic E-state index is 10.2. The zero-order valence-electron chi connectivity index (χ0n) is 7.98. The quantitative estimate of drug-likeness (QED) is 0.589. The van der Waals surface area contributed by atoms with Crippen molar-refractivity contribution in [2.45, 2.75) is 0 Å². The lowest BCUT2D eigenvalue weighted by atomic mass is 10.3. The molecule has 0 bridgehead atoms. The zero-order chi connectivity index (χ0) is 12.6. The summed E-state index contributed by atoms with van der Waals surface area (Å²) in [5, 5.41) is 17.7. The topological polar surface area (TPSA) is 119 Å². The molecule has 0 amide bonds. The summed E-state index contributed by atoms with van der Waals surface area (Å²) < 4.78 is 0. The van der Waals surface area contributed by atoms with Gasteiger partial charge in [-0.3, -0.25) is 0 Å². The number of hydrogen-bond donors (Lipinski definition) is 1. The van der Waals surface area contributed by atoms with Crippen LogP contribution in [0.1, 0.15) is 0 Å². The monoisotopic (exact) mass is 228 g/mol. The molecule has 9 nitrogen and oxygen atoms in total. The van der Waals surface area contributed by atoms with Crippen molar-refractivity contribution in [2.75, 3.05) is 5.43 Å². The van der Waals surface area contributed by atoms with Crippen molar-refractivity contribution in [1.29, 1.82) is 0 Å². The Labute approximate surface area is 89.5 Å². The number of nitrogens with zero attached hydrogens (tertiary/aromatic N) is 3. The molecule has 0 atom stereocenters. The predicted molar refractivity (Wildman–Crippen MR) is 53.0 cm³/mol. The first-order valence-electron chi connectivity index (χ1n) is 3.80. The zero-order valence-corrected chi connectivity index (χ0v) is 7.98. The van der Waals surface area contributed by atoms with E-state index in [0.717, 1.165) is 0 Å². The number of carbonyl (C=O) groups excluding carboxylic acids is 1. The van der Waals surface area contributed by atoms with E-state index >= 15 is 0 Å². The predicted octanol–water partition coefficient (Wildman–Crippen LogP) is 0.514. The molecule has 0 saturated heterocycles. The molecule has 16 heavy (non-hydrogen) atoms. The molecule has 0 saturated carbocycles. The molecule has 1 N–H and O–H groups in total. The van der Waals surface area contributed by atoms with Crippen molar-refractivity contribution in [3.8, 4) is 0 Å². The molecule has 0 aromatic heterocycles. The van der Waals surface area contributed by atoms with Crippen LogP contribution in [0.25, 0.3) is 0 Å². The van der Waals surface area contributed by atoms with Gasteiger partial charge in [0.25, 0.3) is 5.23 Å². The third kappa shape index (κ3) is 4.00. The molecule has 86 valence electrons. The van der Waals surface area contributed by atoms with Gasteiger partial charge in [0.2, 0.25) is 10.1 Å². The van der Waals surface area contributed by atoms with Gasteiger partial charge in [0.05, 0.1) is 5.69 Å². The van der Waals surface area contributed by atoms with Gasteiger partial charge in [-0.2, -0.15) is 5.43 Å². The average Bonchev–Trinajstić information content (AvgIpc) is 2.29. The second kappa shape index (κ2) is 6.70. The molecule has 0 radical (unpaired) electrons. The van der Waals surface area contributed by atoms with Crippen molar-refractivity contribution < 1.29 is 14.9 Å². The van der Waals surface area contributed by atoms with Crippen LogP contribution in [0.3, 0.4) is 0 Å². The van der Waals surface area contributed by atoms with Gasteiger partial charge in [-0.05, 0) is 12.1 Å². The molecule has 0 aliphatic rings. The minimum atomic E-state index is -1.16. The Bertz CT molecular complexity index is 343. The average molecular weight is 228 g/mol. The van der Waals surface area contributed by atoms with E-state index in [4.69, 9.17) is 4.79 Å². The van der Waals surface area contributed by atoms with Crippen LogP contribution in [-0.4, -0.2) is 22.1 Å². The summed E-state index contributed by atoms with van der Waals surface area (Å²) in [5.41, 5.74) is 2.28. The normalized spacial score (nSPS) is 8.25. The van der Waals surface area contributed by atoms with Crippen LogP contribution in [0.2, 0.25) is 0 Å². The third-order valence-corrected chi connectivity index (χ3v) is 1.31. The van der Waals surface area contributed by atoms with Crippen LogP contribution in [0, 0.1) is 20.2 Å². The van der Waals surface area contributed by atoms with E-state index in [1.165, 1.54) is 12.1 Å². The fourth-order valence-corrected chi connectivity index (χ4v) is 0.769. The largest absolute Gasteiger partial charge is 0.307 e. The molecular weight excluding hydrogens is 220 g/mol. The molecule has 0 aliphatic carbocycles. The van der Waals surface area contributed by atoms with Crippen LogP contribution in [0.4, 0.5) is 5.69 Å². The molecule has 0 aliphatic heterocycles. The van der Waals surface area contributed by atoms with Crippen LogP contribution in [0.15, 0.2) is 30.3 Å². The first-order chi connectivity index (χ1) is 7.61. The number of hydrazine groups is 3. The van der Waals surface area contributed by atoms with Gasteiger partial charge in [-0.15, -0.1) is 0 Å². The standard InChI is InChI=1S/C6H6N4O4.CH2O/c11-9(12)8(10(13)14)7-6-4-2-1-3-5-6;1-2/h1-5,7H;1H2. The van der Waals surface area contributed by atoms with Crippen LogP contribution in [0.5, 0.6) is 0 Å². The highest BCUT2D eigenvalue weighted by atomic mass is 16.8. The Morgan fingerprint density at radius 2 is 1.50 bits per heavy atom. The first-order valence-corrected chi connectivity index (χ1v) is 3.80. The SMILES string of the molecule is C=O.O=[N+]([O-])N(Nc1ccccc1)[N+](=O)[O-]. The van der Waals surface area contributed by atoms with E-state index < -0.39 is 10.1 Å². The fraction of sp³-hybridized carbons (Fsp3) is 0. The highest BCUT2D eigenvalue weighted by molar-refractivity contribution is 5.40. The van der Waals surface area contributed by atoms with E-state index in [9.17, 15) is 20.2 Å². The Morgan fingerprint density at radius 1 is 1.06 bits per heavy atom. The number of para-hydroxylation sites is 1. The van der Waals surface area contributed by atoms with Gasteiger partial charge in [0.1, 0.15) is 6.79 Å². The van der Waals surface area contributed by atoms with Crippen molar-refractivity contribution in [2.24, 2.45) is 0 Å². The van der Waals surface area contributed by atoms with E-state index in [2.05, 4.69) is 0 Å². The van der Waals surface area contributed by atoms with Gasteiger partial charge in [-0.25, -0.2) is 20.2 Å². The highest BCUT2D eigenvalue weighted by Gasteiger charge is 2.27. The second-order valence-corrected chi connectivity index (χ2v) is 2.24. The lowest BCUT2D eigenvalue weighted by Crippen LogP contribution is -2.40. The number of benzene rings is 1. The Morgan fingerprint density at radius 3 is 1.88 bits per heavy atom. The summed E-state index contributed by atoms with van der Waals surface area (Å²) in [6.45, 7) is 2.00. The summed E-state index contributed by atoms with van der Waals surface area (Å²) in [5.74, 6) is 0. The van der Waals surface area contributed by atoms with Crippen molar-refractivity contribution >= 4 is 12.5 Å². The van der Waals surface area contributed by atoms with Crippen molar-refractivity contribution in [1.82, 2.24) is 5.23 Å². The lowest BCUT2D eigenvalue weighted by molar-refractivity contribution is -0.900. The molecule has 9 heteroatoms. The van der Waals surface area contributed by atoms with E-state index in [1.54, 1.807) is 18.2 Å². The molecule has 0 fully saturated rings. The smallest absolute Gasteiger partial charge is 0.280 e. The lowest BCUT2D eigenvalue weighted by Gasteiger charge is -2.04. The minimum Gasteiger partial charge on any atom is -0.307 e. The summed E-state index contributed by atoms with van der Waals surface area (Å²) in [7, 11) is 0. The van der Waals surface area contributed by atoms with Crippen LogP contribution < -0.4 is 5.43 Å². The Hall–Kier alpha value is -2.71. The van der Waals surface area contributed by atoms with Crippen LogP contribution >= 0.6 is 0 Å².